The second-order valence-electron chi connectivity index (χ2n) is 5.95. The zero-order valence-electron chi connectivity index (χ0n) is 14.9. The van der Waals surface area contributed by atoms with Crippen LogP contribution in [0.2, 0.25) is 0 Å². The van der Waals surface area contributed by atoms with E-state index in [1.807, 2.05) is 60.7 Å². The van der Waals surface area contributed by atoms with E-state index in [0.717, 1.165) is 11.1 Å². The number of hydrogen-bond donors (Lipinski definition) is 1. The summed E-state index contributed by atoms with van der Waals surface area (Å²) >= 11 is 0. The molecule has 0 atom stereocenters. The fourth-order valence-corrected chi connectivity index (χ4v) is 2.67. The van der Waals surface area contributed by atoms with Gasteiger partial charge in [-0.05, 0) is 11.1 Å². The van der Waals surface area contributed by atoms with Crippen LogP contribution in [0.15, 0.2) is 65.5 Å². The molecule has 0 saturated carbocycles. The normalized spacial score (nSPS) is 10.7. The van der Waals surface area contributed by atoms with Crippen molar-refractivity contribution in [1.82, 2.24) is 9.36 Å². The van der Waals surface area contributed by atoms with Gasteiger partial charge in [-0.3, -0.25) is 4.79 Å². The van der Waals surface area contributed by atoms with Crippen LogP contribution in [0.3, 0.4) is 0 Å². The molecule has 0 aliphatic rings. The smallest absolute Gasteiger partial charge is 0.358 e. The molecule has 27 heavy (non-hydrogen) atoms. The van der Waals surface area contributed by atoms with E-state index in [1.54, 1.807) is 0 Å². The van der Waals surface area contributed by atoms with E-state index >= 15 is 0 Å². The van der Waals surface area contributed by atoms with E-state index in [4.69, 9.17) is 9.47 Å². The van der Waals surface area contributed by atoms with Crippen molar-refractivity contribution in [1.29, 1.82) is 0 Å². The molecular formula is C20H20N2O5. The van der Waals surface area contributed by atoms with Crippen LogP contribution in [0.5, 0.6) is 5.75 Å². The Hall–Kier alpha value is -3.32. The lowest BCUT2D eigenvalue weighted by Crippen LogP contribution is -2.22. The molecule has 0 spiro atoms. The summed E-state index contributed by atoms with van der Waals surface area (Å²) in [6.45, 7) is 0.314. The lowest BCUT2D eigenvalue weighted by molar-refractivity contribution is 0.0411. The van der Waals surface area contributed by atoms with Gasteiger partial charge in [0.15, 0.2) is 5.69 Å². The van der Waals surface area contributed by atoms with Gasteiger partial charge < -0.3 is 14.6 Å². The Morgan fingerprint density at radius 3 is 2.07 bits per heavy atom. The number of benzene rings is 2. The van der Waals surface area contributed by atoms with E-state index < -0.39 is 11.5 Å². The van der Waals surface area contributed by atoms with E-state index in [-0.39, 0.29) is 24.8 Å². The molecule has 7 nitrogen and oxygen atoms in total. The molecular weight excluding hydrogens is 348 g/mol. The molecule has 0 aliphatic heterocycles. The molecule has 2 aromatic carbocycles. The Morgan fingerprint density at radius 2 is 1.52 bits per heavy atom. The highest BCUT2D eigenvalue weighted by Crippen LogP contribution is 2.17. The highest BCUT2D eigenvalue weighted by molar-refractivity contribution is 5.88. The number of nitrogens with zero attached hydrogens (tertiary/aromatic N) is 2. The summed E-state index contributed by atoms with van der Waals surface area (Å²) in [4.78, 5) is 24.2. The third kappa shape index (κ3) is 4.27. The SMILES string of the molecule is Cn1c(=O)c(OCc2ccccc2)c(C(=O)O)n1COCc1ccccc1. The van der Waals surface area contributed by atoms with Gasteiger partial charge in [-0.25, -0.2) is 14.2 Å². The molecule has 3 rings (SSSR count). The van der Waals surface area contributed by atoms with Gasteiger partial charge in [0.1, 0.15) is 13.3 Å². The maximum absolute atomic E-state index is 12.5. The van der Waals surface area contributed by atoms with Crippen LogP contribution in [0, 0.1) is 0 Å². The Bertz CT molecular complexity index is 961. The van der Waals surface area contributed by atoms with Crippen LogP contribution in [0.1, 0.15) is 21.6 Å². The second kappa shape index (κ2) is 8.37. The van der Waals surface area contributed by atoms with E-state index in [9.17, 15) is 14.7 Å². The molecule has 1 N–H and O–H groups in total. The summed E-state index contributed by atoms with van der Waals surface area (Å²) < 4.78 is 13.6. The first-order valence-electron chi connectivity index (χ1n) is 8.39. The molecule has 0 saturated heterocycles. The number of carboxylic acid groups (broad SMARTS) is 1. The Labute approximate surface area is 156 Å². The third-order valence-corrected chi connectivity index (χ3v) is 4.08. The number of aromatic nitrogens is 2. The molecule has 0 bridgehead atoms. The minimum Gasteiger partial charge on any atom is -0.481 e. The molecule has 1 heterocycles. The minimum atomic E-state index is -1.25. The maximum Gasteiger partial charge on any atom is 0.358 e. The number of carboxylic acids is 1. The Balaban J connectivity index is 1.79. The van der Waals surface area contributed by atoms with Gasteiger partial charge in [0.05, 0.1) is 6.61 Å². The van der Waals surface area contributed by atoms with Gasteiger partial charge in [0, 0.05) is 7.05 Å². The van der Waals surface area contributed by atoms with Crippen LogP contribution in [0.4, 0.5) is 0 Å². The summed E-state index contributed by atoms with van der Waals surface area (Å²) in [5.41, 5.74) is 1.04. The summed E-state index contributed by atoms with van der Waals surface area (Å²) in [5, 5.41) is 9.59. The highest BCUT2D eigenvalue weighted by Gasteiger charge is 2.25. The Morgan fingerprint density at radius 1 is 0.963 bits per heavy atom. The Kier molecular flexibility index (Phi) is 5.73. The largest absolute Gasteiger partial charge is 0.481 e. The molecule has 3 aromatic rings. The first kappa shape index (κ1) is 18.5. The standard InChI is InChI=1S/C20H20N2O5/c1-21-19(23)18(27-13-16-10-6-3-7-11-16)17(20(24)25)22(21)14-26-12-15-8-4-2-5-9-15/h2-11H,12-14H2,1H3,(H,24,25). The van der Waals surface area contributed by atoms with Crippen LogP contribution in [-0.4, -0.2) is 20.4 Å². The average molecular weight is 368 g/mol. The average Bonchev–Trinajstić information content (AvgIpc) is 2.93. The van der Waals surface area contributed by atoms with Crippen LogP contribution in [-0.2, 0) is 31.7 Å². The van der Waals surface area contributed by atoms with Crippen molar-refractivity contribution in [2.75, 3.05) is 0 Å². The van der Waals surface area contributed by atoms with E-state index in [0.29, 0.717) is 6.61 Å². The topological polar surface area (TPSA) is 82.7 Å². The predicted octanol–water partition coefficient (Wildman–Crippen LogP) is 2.64. The highest BCUT2D eigenvalue weighted by atomic mass is 16.5. The third-order valence-electron chi connectivity index (χ3n) is 4.08. The summed E-state index contributed by atoms with van der Waals surface area (Å²) in [6.07, 6.45) is 0. The number of rotatable bonds is 8. The van der Waals surface area contributed by atoms with Gasteiger partial charge in [-0.2, -0.15) is 0 Å². The monoisotopic (exact) mass is 368 g/mol. The zero-order valence-corrected chi connectivity index (χ0v) is 14.9. The lowest BCUT2D eigenvalue weighted by Gasteiger charge is -2.11. The predicted molar refractivity (Wildman–Crippen MR) is 98.6 cm³/mol. The van der Waals surface area contributed by atoms with Gasteiger partial charge in [-0.15, -0.1) is 0 Å². The van der Waals surface area contributed by atoms with Crippen molar-refractivity contribution in [3.63, 3.8) is 0 Å². The van der Waals surface area contributed by atoms with Crippen molar-refractivity contribution in [3.8, 4) is 5.75 Å². The van der Waals surface area contributed by atoms with Crippen molar-refractivity contribution < 1.29 is 19.4 Å². The number of hydrogen-bond acceptors (Lipinski definition) is 4. The molecule has 7 heteroatoms. The van der Waals surface area contributed by atoms with Crippen molar-refractivity contribution >= 4 is 5.97 Å². The van der Waals surface area contributed by atoms with Crippen molar-refractivity contribution in [3.05, 3.63) is 87.8 Å². The molecule has 0 aliphatic carbocycles. The number of aromatic carboxylic acids is 1. The van der Waals surface area contributed by atoms with Crippen LogP contribution < -0.4 is 10.3 Å². The zero-order chi connectivity index (χ0) is 19.2. The summed E-state index contributed by atoms with van der Waals surface area (Å²) in [5.74, 6) is -1.45. The fourth-order valence-electron chi connectivity index (χ4n) is 2.67. The van der Waals surface area contributed by atoms with Gasteiger partial charge in [-0.1, -0.05) is 60.7 Å². The number of carbonyl (C=O) groups is 1. The maximum atomic E-state index is 12.5. The summed E-state index contributed by atoms with van der Waals surface area (Å²) in [6, 6.07) is 18.7. The van der Waals surface area contributed by atoms with Crippen molar-refractivity contribution in [2.45, 2.75) is 19.9 Å². The summed E-state index contributed by atoms with van der Waals surface area (Å²) in [7, 11) is 1.48. The van der Waals surface area contributed by atoms with Crippen molar-refractivity contribution in [2.24, 2.45) is 7.05 Å². The minimum absolute atomic E-state index is 0.0863. The molecule has 1 aromatic heterocycles. The second-order valence-corrected chi connectivity index (χ2v) is 5.95. The van der Waals surface area contributed by atoms with Gasteiger partial charge >= 0.3 is 11.5 Å². The molecule has 0 radical (unpaired) electrons. The first-order chi connectivity index (χ1) is 13.1. The fraction of sp³-hybridized carbons (Fsp3) is 0.200. The van der Waals surface area contributed by atoms with E-state index in [2.05, 4.69) is 0 Å². The molecule has 0 unspecified atom stereocenters. The van der Waals surface area contributed by atoms with Crippen LogP contribution in [0.25, 0.3) is 0 Å². The first-order valence-corrected chi connectivity index (χ1v) is 8.39. The van der Waals surface area contributed by atoms with Gasteiger partial charge in [0.2, 0.25) is 5.75 Å². The molecule has 0 amide bonds. The number of ether oxygens (including phenoxy) is 2. The van der Waals surface area contributed by atoms with Crippen LogP contribution >= 0.6 is 0 Å². The lowest BCUT2D eigenvalue weighted by atomic mass is 10.2. The van der Waals surface area contributed by atoms with E-state index in [1.165, 1.54) is 16.4 Å². The van der Waals surface area contributed by atoms with Gasteiger partial charge in [0.25, 0.3) is 0 Å². The molecule has 0 fully saturated rings. The molecule has 140 valence electrons. The quantitative estimate of drug-likeness (QED) is 0.661.